The molecule has 0 saturated carbocycles. The second-order valence-corrected chi connectivity index (χ2v) is 5.93. The maximum absolute atomic E-state index is 13.1. The quantitative estimate of drug-likeness (QED) is 0.545. The maximum Gasteiger partial charge on any atom is 0.194 e. The van der Waals surface area contributed by atoms with Crippen molar-refractivity contribution in [2.24, 2.45) is 0 Å². The zero-order valence-electron chi connectivity index (χ0n) is 13.3. The number of rotatable bonds is 2. The molecule has 0 amide bonds. The number of aromatic hydroxyl groups is 2. The van der Waals surface area contributed by atoms with E-state index in [4.69, 9.17) is 0 Å². The van der Waals surface area contributed by atoms with Crippen LogP contribution < -0.4 is 0 Å². The van der Waals surface area contributed by atoms with Crippen molar-refractivity contribution in [3.05, 3.63) is 70.3 Å². The number of ketones is 1. The van der Waals surface area contributed by atoms with Crippen LogP contribution >= 0.6 is 0 Å². The van der Waals surface area contributed by atoms with Gasteiger partial charge in [0.2, 0.25) is 0 Å². The summed E-state index contributed by atoms with van der Waals surface area (Å²) in [5.74, 6) is -0.111. The van der Waals surface area contributed by atoms with Crippen molar-refractivity contribution < 1.29 is 15.0 Å². The lowest BCUT2D eigenvalue weighted by molar-refractivity contribution is 0.103. The van der Waals surface area contributed by atoms with Crippen molar-refractivity contribution in [1.82, 2.24) is 0 Å². The molecule has 0 bridgehead atoms. The van der Waals surface area contributed by atoms with E-state index in [1.54, 1.807) is 18.2 Å². The summed E-state index contributed by atoms with van der Waals surface area (Å²) < 4.78 is 0. The van der Waals surface area contributed by atoms with Crippen LogP contribution in [0, 0.1) is 20.8 Å². The Morgan fingerprint density at radius 2 is 1.48 bits per heavy atom. The van der Waals surface area contributed by atoms with Gasteiger partial charge in [0.25, 0.3) is 0 Å². The Labute approximate surface area is 134 Å². The third kappa shape index (κ3) is 2.44. The fourth-order valence-electron chi connectivity index (χ4n) is 3.23. The molecule has 0 saturated heterocycles. The van der Waals surface area contributed by atoms with Gasteiger partial charge in [-0.2, -0.15) is 0 Å². The van der Waals surface area contributed by atoms with Crippen molar-refractivity contribution in [2.45, 2.75) is 20.8 Å². The molecule has 2 N–H and O–H groups in total. The first-order valence-corrected chi connectivity index (χ1v) is 7.46. The summed E-state index contributed by atoms with van der Waals surface area (Å²) in [6.45, 7) is 5.82. The summed E-state index contributed by atoms with van der Waals surface area (Å²) in [7, 11) is 0. The van der Waals surface area contributed by atoms with E-state index in [2.05, 4.69) is 0 Å². The van der Waals surface area contributed by atoms with Crippen molar-refractivity contribution in [3.63, 3.8) is 0 Å². The van der Waals surface area contributed by atoms with Crippen LogP contribution in [0.3, 0.4) is 0 Å². The second kappa shape index (κ2) is 5.43. The van der Waals surface area contributed by atoms with Gasteiger partial charge in [-0.05, 0) is 44.0 Å². The van der Waals surface area contributed by atoms with E-state index in [0.29, 0.717) is 21.9 Å². The fourth-order valence-corrected chi connectivity index (χ4v) is 3.23. The van der Waals surface area contributed by atoms with E-state index in [0.717, 1.165) is 16.7 Å². The third-order valence-electron chi connectivity index (χ3n) is 4.14. The largest absolute Gasteiger partial charge is 0.507 e. The number of hydrogen-bond donors (Lipinski definition) is 2. The highest BCUT2D eigenvalue weighted by atomic mass is 16.3. The molecule has 0 atom stereocenters. The Morgan fingerprint density at radius 1 is 0.870 bits per heavy atom. The van der Waals surface area contributed by atoms with Crippen LogP contribution in [0.4, 0.5) is 0 Å². The number of hydrogen-bond acceptors (Lipinski definition) is 3. The zero-order valence-corrected chi connectivity index (χ0v) is 13.3. The van der Waals surface area contributed by atoms with Crippen LogP contribution in [0.5, 0.6) is 11.5 Å². The number of phenolic OH excluding ortho intramolecular Hbond substituents is 2. The van der Waals surface area contributed by atoms with Gasteiger partial charge in [0.1, 0.15) is 11.5 Å². The number of carbonyl (C=O) groups excluding carboxylic acids is 1. The van der Waals surface area contributed by atoms with Gasteiger partial charge in [0, 0.05) is 21.9 Å². The lowest BCUT2D eigenvalue weighted by atomic mass is 9.90. The molecular formula is C20H18O3. The molecule has 0 heterocycles. The van der Waals surface area contributed by atoms with Crippen molar-refractivity contribution in [2.75, 3.05) is 0 Å². The Kier molecular flexibility index (Phi) is 3.57. The lowest BCUT2D eigenvalue weighted by Gasteiger charge is -2.13. The SMILES string of the molecule is Cc1cc(C)c(C(=O)c2cccc3c(O)ccc(O)c23)c(C)c1. The predicted molar refractivity (Wildman–Crippen MR) is 91.4 cm³/mol. The highest BCUT2D eigenvalue weighted by Crippen LogP contribution is 2.35. The van der Waals surface area contributed by atoms with Crippen molar-refractivity contribution >= 4 is 16.6 Å². The minimum atomic E-state index is -0.147. The molecule has 3 nitrogen and oxygen atoms in total. The molecule has 23 heavy (non-hydrogen) atoms. The van der Waals surface area contributed by atoms with Crippen LogP contribution in [-0.4, -0.2) is 16.0 Å². The number of phenols is 2. The molecular weight excluding hydrogens is 288 g/mol. The van der Waals surface area contributed by atoms with E-state index in [-0.39, 0.29) is 17.3 Å². The summed E-state index contributed by atoms with van der Waals surface area (Å²) >= 11 is 0. The molecule has 0 aliphatic carbocycles. The molecule has 0 aliphatic rings. The summed E-state index contributed by atoms with van der Waals surface area (Å²) in [6, 6.07) is 11.9. The molecule has 3 aromatic rings. The first-order chi connectivity index (χ1) is 10.9. The van der Waals surface area contributed by atoms with Gasteiger partial charge in [0.15, 0.2) is 5.78 Å². The van der Waals surface area contributed by atoms with Gasteiger partial charge in [-0.3, -0.25) is 4.79 Å². The third-order valence-corrected chi connectivity index (χ3v) is 4.14. The molecule has 116 valence electrons. The molecule has 3 aromatic carbocycles. The number of carbonyl (C=O) groups is 1. The fraction of sp³-hybridized carbons (Fsp3) is 0.150. The topological polar surface area (TPSA) is 57.5 Å². The molecule has 3 rings (SSSR count). The summed E-state index contributed by atoms with van der Waals surface area (Å²) in [6.07, 6.45) is 0. The van der Waals surface area contributed by atoms with E-state index in [9.17, 15) is 15.0 Å². The van der Waals surface area contributed by atoms with E-state index in [1.165, 1.54) is 12.1 Å². The van der Waals surface area contributed by atoms with Crippen LogP contribution in [0.15, 0.2) is 42.5 Å². The van der Waals surface area contributed by atoms with Gasteiger partial charge < -0.3 is 10.2 Å². The average Bonchev–Trinajstić information content (AvgIpc) is 2.49. The average molecular weight is 306 g/mol. The minimum absolute atomic E-state index is 0.0100. The van der Waals surface area contributed by atoms with E-state index in [1.807, 2.05) is 32.9 Å². The van der Waals surface area contributed by atoms with Gasteiger partial charge in [-0.1, -0.05) is 35.9 Å². The molecule has 0 fully saturated rings. The number of aryl methyl sites for hydroxylation is 3. The molecule has 0 spiro atoms. The first kappa shape index (κ1) is 15.1. The first-order valence-electron chi connectivity index (χ1n) is 7.46. The Hall–Kier alpha value is -2.81. The Balaban J connectivity index is 2.30. The predicted octanol–water partition coefficient (Wildman–Crippen LogP) is 4.41. The van der Waals surface area contributed by atoms with Crippen LogP contribution in [-0.2, 0) is 0 Å². The number of fused-ring (bicyclic) bond motifs is 1. The molecule has 0 radical (unpaired) electrons. The molecule has 0 aromatic heterocycles. The highest BCUT2D eigenvalue weighted by Gasteiger charge is 2.19. The van der Waals surface area contributed by atoms with Crippen LogP contribution in [0.1, 0.15) is 32.6 Å². The molecule has 3 heteroatoms. The van der Waals surface area contributed by atoms with Crippen molar-refractivity contribution in [3.8, 4) is 11.5 Å². The molecule has 0 aliphatic heterocycles. The Morgan fingerprint density at radius 3 is 2.13 bits per heavy atom. The smallest absolute Gasteiger partial charge is 0.194 e. The normalized spacial score (nSPS) is 10.9. The van der Waals surface area contributed by atoms with E-state index < -0.39 is 0 Å². The van der Waals surface area contributed by atoms with Crippen molar-refractivity contribution in [1.29, 1.82) is 0 Å². The van der Waals surface area contributed by atoms with Gasteiger partial charge in [-0.25, -0.2) is 0 Å². The zero-order chi connectivity index (χ0) is 16.7. The minimum Gasteiger partial charge on any atom is -0.507 e. The standard InChI is InChI=1S/C20H18O3/c1-11-9-12(2)18(13(3)10-11)20(23)15-6-4-5-14-16(21)7-8-17(22)19(14)15/h4-10,21-22H,1-3H3. The van der Waals surface area contributed by atoms with E-state index >= 15 is 0 Å². The summed E-state index contributed by atoms with van der Waals surface area (Å²) in [4.78, 5) is 13.1. The second-order valence-electron chi connectivity index (χ2n) is 5.93. The van der Waals surface area contributed by atoms with Gasteiger partial charge >= 0.3 is 0 Å². The summed E-state index contributed by atoms with van der Waals surface area (Å²) in [5.41, 5.74) is 3.96. The van der Waals surface area contributed by atoms with Gasteiger partial charge in [-0.15, -0.1) is 0 Å². The van der Waals surface area contributed by atoms with Gasteiger partial charge in [0.05, 0.1) is 0 Å². The lowest BCUT2D eigenvalue weighted by Crippen LogP contribution is -2.07. The number of benzene rings is 3. The molecule has 0 unspecified atom stereocenters. The van der Waals surface area contributed by atoms with Crippen LogP contribution in [0.2, 0.25) is 0 Å². The maximum atomic E-state index is 13.1. The highest BCUT2D eigenvalue weighted by molar-refractivity contribution is 6.19. The summed E-state index contributed by atoms with van der Waals surface area (Å²) in [5, 5.41) is 21.0. The van der Waals surface area contributed by atoms with Crippen LogP contribution in [0.25, 0.3) is 10.8 Å². The monoisotopic (exact) mass is 306 g/mol. The Bertz CT molecular complexity index is 916.